The first kappa shape index (κ1) is 26.3. The molecule has 0 saturated carbocycles. The number of hydrogen-bond acceptors (Lipinski definition) is 6. The van der Waals surface area contributed by atoms with Crippen molar-refractivity contribution in [1.82, 2.24) is 25.1 Å². The number of aromatic nitrogens is 3. The fourth-order valence-corrected chi connectivity index (χ4v) is 4.14. The van der Waals surface area contributed by atoms with Crippen LogP contribution in [0.1, 0.15) is 19.4 Å². The van der Waals surface area contributed by atoms with E-state index in [1.54, 1.807) is 17.0 Å². The van der Waals surface area contributed by atoms with Gasteiger partial charge in [0.25, 0.3) is 0 Å². The minimum Gasteiger partial charge on any atom is -0.324 e. The van der Waals surface area contributed by atoms with E-state index in [1.807, 2.05) is 5.48 Å². The third kappa shape index (κ3) is 6.32. The molecular formula is C23H21BrF3N7O3. The Hall–Kier alpha value is -3.78. The zero-order valence-electron chi connectivity index (χ0n) is 19.1. The Morgan fingerprint density at radius 2 is 1.92 bits per heavy atom. The van der Waals surface area contributed by atoms with Crippen molar-refractivity contribution in [1.29, 1.82) is 0 Å². The van der Waals surface area contributed by atoms with E-state index >= 15 is 0 Å². The molecule has 10 nitrogen and oxygen atoms in total. The molecule has 4 rings (SSSR count). The summed E-state index contributed by atoms with van der Waals surface area (Å²) in [6.45, 7) is -2.16. The highest BCUT2D eigenvalue weighted by atomic mass is 79.9. The standard InChI is InChI=1S/C23H21BrF3N7O3/c24-17-9-15(1-3-18(17)25)30-21(32-37)20(35)13-5-7-33(8-6-13)23(36)31-16-2-4-19(28-11-16)14-10-29-34(12-14)22(26)27/h1-4,9-13,22,37H,5-8H2,(H,30,32)(H,31,36). The fraction of sp³-hybridized carbons (Fsp3) is 0.261. The van der Waals surface area contributed by atoms with Crippen LogP contribution >= 0.6 is 15.9 Å². The lowest BCUT2D eigenvalue weighted by Crippen LogP contribution is -2.44. The van der Waals surface area contributed by atoms with Crippen molar-refractivity contribution in [2.75, 3.05) is 18.4 Å². The van der Waals surface area contributed by atoms with Crippen LogP contribution in [0.2, 0.25) is 0 Å². The normalized spacial score (nSPS) is 14.6. The number of piperidine rings is 1. The van der Waals surface area contributed by atoms with Crippen molar-refractivity contribution in [3.8, 4) is 11.3 Å². The van der Waals surface area contributed by atoms with Gasteiger partial charge in [-0.1, -0.05) is 0 Å². The monoisotopic (exact) mass is 579 g/mol. The quantitative estimate of drug-likeness (QED) is 0.219. The second kappa shape index (κ2) is 11.5. The molecule has 1 aromatic carbocycles. The smallest absolute Gasteiger partial charge is 0.324 e. The first-order valence-electron chi connectivity index (χ1n) is 11.1. The molecule has 1 fully saturated rings. The first-order chi connectivity index (χ1) is 17.7. The highest BCUT2D eigenvalue weighted by Gasteiger charge is 2.30. The number of ketones is 1. The maximum absolute atomic E-state index is 13.4. The number of halogens is 4. The van der Waals surface area contributed by atoms with Crippen LogP contribution in [0, 0.1) is 11.7 Å². The number of pyridine rings is 1. The number of Topliss-reactive ketones (excluding diaryl/α,β-unsaturated/α-hetero) is 1. The third-order valence-electron chi connectivity index (χ3n) is 5.75. The SMILES string of the molecule is O=C(C(=Nc1ccc(F)c(Br)c1)NO)C1CCN(C(=O)Nc2ccc(-c3cnn(C(F)F)c3)nc2)CC1. The number of benzene rings is 1. The molecule has 3 heterocycles. The lowest BCUT2D eigenvalue weighted by Gasteiger charge is -2.31. The van der Waals surface area contributed by atoms with Gasteiger partial charge in [-0.05, 0) is 59.1 Å². The van der Waals surface area contributed by atoms with Gasteiger partial charge >= 0.3 is 12.6 Å². The number of hydroxylamine groups is 1. The molecule has 3 N–H and O–H groups in total. The highest BCUT2D eigenvalue weighted by Crippen LogP contribution is 2.25. The van der Waals surface area contributed by atoms with Crippen LogP contribution in [0.5, 0.6) is 0 Å². The molecule has 2 amide bonds. The molecule has 0 atom stereocenters. The van der Waals surface area contributed by atoms with Crippen LogP contribution in [-0.2, 0) is 4.79 Å². The number of alkyl halides is 2. The molecule has 0 bridgehead atoms. The minimum atomic E-state index is -2.75. The van der Waals surface area contributed by atoms with Gasteiger partial charge in [-0.15, -0.1) is 0 Å². The van der Waals surface area contributed by atoms with Crippen LogP contribution in [0.3, 0.4) is 0 Å². The predicted molar refractivity (Wildman–Crippen MR) is 131 cm³/mol. The molecule has 2 aromatic heterocycles. The van der Waals surface area contributed by atoms with Crippen molar-refractivity contribution in [2.45, 2.75) is 19.4 Å². The van der Waals surface area contributed by atoms with E-state index in [2.05, 4.69) is 36.3 Å². The number of carbonyl (C=O) groups excluding carboxylic acids is 2. The highest BCUT2D eigenvalue weighted by molar-refractivity contribution is 9.10. The van der Waals surface area contributed by atoms with E-state index in [9.17, 15) is 28.0 Å². The molecular weight excluding hydrogens is 559 g/mol. The number of hydrogen-bond donors (Lipinski definition) is 3. The minimum absolute atomic E-state index is 0.172. The topological polar surface area (TPSA) is 125 Å². The average Bonchev–Trinajstić information content (AvgIpc) is 3.40. The Morgan fingerprint density at radius 3 is 2.51 bits per heavy atom. The zero-order chi connectivity index (χ0) is 26.5. The number of carbonyl (C=O) groups is 2. The number of amidine groups is 1. The van der Waals surface area contributed by atoms with Crippen molar-refractivity contribution in [3.05, 3.63) is 59.2 Å². The number of rotatable bonds is 6. The van der Waals surface area contributed by atoms with E-state index < -0.39 is 24.1 Å². The Bertz CT molecular complexity index is 1310. The molecule has 14 heteroatoms. The largest absolute Gasteiger partial charge is 0.333 e. The summed E-state index contributed by atoms with van der Waals surface area (Å²) >= 11 is 3.05. The van der Waals surface area contributed by atoms with Crippen LogP contribution in [-0.4, -0.2) is 55.6 Å². The molecule has 1 saturated heterocycles. The van der Waals surface area contributed by atoms with Gasteiger partial charge < -0.3 is 10.2 Å². The van der Waals surface area contributed by atoms with Gasteiger partial charge in [0.2, 0.25) is 5.78 Å². The average molecular weight is 580 g/mol. The lowest BCUT2D eigenvalue weighted by molar-refractivity contribution is -0.118. The first-order valence-corrected chi connectivity index (χ1v) is 11.9. The molecule has 3 aromatic rings. The van der Waals surface area contributed by atoms with Gasteiger partial charge in [0.05, 0.1) is 33.9 Å². The van der Waals surface area contributed by atoms with Gasteiger partial charge in [0, 0.05) is 30.8 Å². The van der Waals surface area contributed by atoms with E-state index in [1.165, 1.54) is 36.8 Å². The summed E-state index contributed by atoms with van der Waals surface area (Å²) in [5.74, 6) is -1.64. The predicted octanol–water partition coefficient (Wildman–Crippen LogP) is 4.76. The second-order valence-electron chi connectivity index (χ2n) is 8.15. The van der Waals surface area contributed by atoms with E-state index in [4.69, 9.17) is 0 Å². The summed E-state index contributed by atoms with van der Waals surface area (Å²) in [6.07, 6.45) is 4.57. The summed E-state index contributed by atoms with van der Waals surface area (Å²) in [4.78, 5) is 35.3. The Morgan fingerprint density at radius 1 is 1.16 bits per heavy atom. The molecule has 0 aliphatic carbocycles. The van der Waals surface area contributed by atoms with Crippen LogP contribution < -0.4 is 10.8 Å². The van der Waals surface area contributed by atoms with Gasteiger partial charge in [-0.2, -0.15) is 13.9 Å². The van der Waals surface area contributed by atoms with Gasteiger partial charge in [0.1, 0.15) is 5.82 Å². The Balaban J connectivity index is 1.32. The van der Waals surface area contributed by atoms with E-state index in [0.717, 1.165) is 0 Å². The number of amides is 2. The number of nitrogens with one attached hydrogen (secondary N) is 2. The maximum atomic E-state index is 13.4. The summed E-state index contributed by atoms with van der Waals surface area (Å²) in [6, 6.07) is 6.73. The fourth-order valence-electron chi connectivity index (χ4n) is 3.78. The van der Waals surface area contributed by atoms with Gasteiger partial charge in [-0.3, -0.25) is 15.0 Å². The van der Waals surface area contributed by atoms with Gasteiger partial charge in [-0.25, -0.2) is 24.3 Å². The summed E-state index contributed by atoms with van der Waals surface area (Å²) in [5.41, 5.74) is 3.35. The molecule has 37 heavy (non-hydrogen) atoms. The summed E-state index contributed by atoms with van der Waals surface area (Å²) in [7, 11) is 0. The molecule has 194 valence electrons. The Labute approximate surface area is 217 Å². The lowest BCUT2D eigenvalue weighted by atomic mass is 9.92. The number of aliphatic imine (C=N–C) groups is 1. The molecule has 0 radical (unpaired) electrons. The number of urea groups is 1. The van der Waals surface area contributed by atoms with Crippen molar-refractivity contribution >= 4 is 45.0 Å². The second-order valence-corrected chi connectivity index (χ2v) is 9.00. The molecule has 0 spiro atoms. The van der Waals surface area contributed by atoms with Crippen LogP contribution in [0.4, 0.5) is 29.3 Å². The number of likely N-dealkylation sites (tertiary alicyclic amines) is 1. The number of nitrogens with zero attached hydrogens (tertiary/aromatic N) is 5. The van der Waals surface area contributed by atoms with Crippen molar-refractivity contribution in [3.63, 3.8) is 0 Å². The number of anilines is 1. The van der Waals surface area contributed by atoms with Crippen molar-refractivity contribution in [2.24, 2.45) is 10.9 Å². The molecule has 0 unspecified atom stereocenters. The van der Waals surface area contributed by atoms with Crippen LogP contribution in [0.15, 0.2) is 58.4 Å². The molecule has 1 aliphatic rings. The zero-order valence-corrected chi connectivity index (χ0v) is 20.7. The summed E-state index contributed by atoms with van der Waals surface area (Å²) < 4.78 is 39.5. The molecule has 1 aliphatic heterocycles. The van der Waals surface area contributed by atoms with Crippen LogP contribution in [0.25, 0.3) is 11.3 Å². The summed E-state index contributed by atoms with van der Waals surface area (Å²) in [5, 5.41) is 15.7. The van der Waals surface area contributed by atoms with E-state index in [-0.39, 0.29) is 22.0 Å². The van der Waals surface area contributed by atoms with E-state index in [0.29, 0.717) is 47.6 Å². The third-order valence-corrected chi connectivity index (χ3v) is 6.36. The van der Waals surface area contributed by atoms with Crippen molar-refractivity contribution < 1.29 is 28.0 Å². The van der Waals surface area contributed by atoms with Gasteiger partial charge in [0.15, 0.2) is 5.84 Å². The Kier molecular flexibility index (Phi) is 8.18. The maximum Gasteiger partial charge on any atom is 0.333 e.